The Morgan fingerprint density at radius 3 is 2.67 bits per heavy atom. The molecule has 68 valence electrons. The van der Waals surface area contributed by atoms with Crippen molar-refractivity contribution in [1.82, 2.24) is 10.6 Å². The first kappa shape index (κ1) is 8.05. The van der Waals surface area contributed by atoms with E-state index < -0.39 is 0 Å². The third kappa shape index (κ3) is 0.829. The highest BCUT2D eigenvalue weighted by atomic mass is 16.2. The van der Waals surface area contributed by atoms with Crippen LogP contribution in [-0.2, 0) is 4.79 Å². The van der Waals surface area contributed by atoms with Gasteiger partial charge in [-0.1, -0.05) is 13.8 Å². The fourth-order valence-corrected chi connectivity index (χ4v) is 2.63. The maximum atomic E-state index is 11.4. The van der Waals surface area contributed by atoms with Crippen molar-refractivity contribution in [3.63, 3.8) is 0 Å². The van der Waals surface area contributed by atoms with E-state index in [1.807, 2.05) is 0 Å². The number of carbonyl (C=O) groups excluding carboxylic acids is 1. The van der Waals surface area contributed by atoms with Crippen LogP contribution in [0.25, 0.3) is 0 Å². The minimum absolute atomic E-state index is 0.0648. The molecular weight excluding hydrogens is 152 g/mol. The highest BCUT2D eigenvalue weighted by Crippen LogP contribution is 2.62. The second-order valence-electron chi connectivity index (χ2n) is 4.45. The number of hydrogen-bond donors (Lipinski definition) is 2. The van der Waals surface area contributed by atoms with E-state index in [1.165, 1.54) is 0 Å². The first-order chi connectivity index (χ1) is 5.59. The number of fused-ring (bicyclic) bond motifs is 1. The van der Waals surface area contributed by atoms with Crippen molar-refractivity contribution >= 4 is 5.91 Å². The molecule has 1 amide bonds. The monoisotopic (exact) mass is 168 g/mol. The molecule has 2 rings (SSSR count). The summed E-state index contributed by atoms with van der Waals surface area (Å²) < 4.78 is 0. The van der Waals surface area contributed by atoms with Crippen LogP contribution in [0.15, 0.2) is 0 Å². The van der Waals surface area contributed by atoms with Crippen molar-refractivity contribution in [1.29, 1.82) is 0 Å². The normalized spacial score (nSPS) is 42.1. The first-order valence-corrected chi connectivity index (χ1v) is 4.54. The smallest absolute Gasteiger partial charge is 0.237 e. The fraction of sp³-hybridized carbons (Fsp3) is 0.889. The van der Waals surface area contributed by atoms with Gasteiger partial charge in [0.15, 0.2) is 0 Å². The topological polar surface area (TPSA) is 41.1 Å². The van der Waals surface area contributed by atoms with Crippen LogP contribution in [0.1, 0.15) is 13.8 Å². The number of piperidine rings is 1. The van der Waals surface area contributed by atoms with Gasteiger partial charge in [0.25, 0.3) is 0 Å². The molecule has 0 radical (unpaired) electrons. The van der Waals surface area contributed by atoms with Gasteiger partial charge in [0.05, 0.1) is 6.04 Å². The van der Waals surface area contributed by atoms with Gasteiger partial charge >= 0.3 is 0 Å². The van der Waals surface area contributed by atoms with Gasteiger partial charge in [-0.25, -0.2) is 0 Å². The van der Waals surface area contributed by atoms with Crippen LogP contribution in [0.5, 0.6) is 0 Å². The second-order valence-corrected chi connectivity index (χ2v) is 4.45. The molecule has 0 aromatic carbocycles. The third-order valence-electron chi connectivity index (χ3n) is 3.58. The van der Waals surface area contributed by atoms with E-state index in [9.17, 15) is 4.79 Å². The van der Waals surface area contributed by atoms with E-state index in [-0.39, 0.29) is 11.9 Å². The Morgan fingerprint density at radius 2 is 2.25 bits per heavy atom. The summed E-state index contributed by atoms with van der Waals surface area (Å²) in [4.78, 5) is 11.4. The highest BCUT2D eigenvalue weighted by molar-refractivity contribution is 5.83. The van der Waals surface area contributed by atoms with Crippen LogP contribution >= 0.6 is 0 Å². The van der Waals surface area contributed by atoms with Gasteiger partial charge in [-0.3, -0.25) is 4.79 Å². The standard InChI is InChI=1S/C9H16N2O/c1-9(2)5-4-11-7(6(5)9)8(12)10-3/h5-7,11H,4H2,1-3H3,(H,10,12)/t5-,6-,7-/m0/s1. The van der Waals surface area contributed by atoms with E-state index in [4.69, 9.17) is 0 Å². The van der Waals surface area contributed by atoms with E-state index in [1.54, 1.807) is 7.05 Å². The predicted molar refractivity (Wildman–Crippen MR) is 46.6 cm³/mol. The van der Waals surface area contributed by atoms with E-state index >= 15 is 0 Å². The molecule has 3 atom stereocenters. The molecule has 3 heteroatoms. The zero-order valence-corrected chi connectivity index (χ0v) is 7.85. The maximum Gasteiger partial charge on any atom is 0.237 e. The Hall–Kier alpha value is -0.570. The molecule has 1 aliphatic carbocycles. The Morgan fingerprint density at radius 1 is 1.58 bits per heavy atom. The van der Waals surface area contributed by atoms with E-state index in [2.05, 4.69) is 24.5 Å². The molecule has 2 fully saturated rings. The van der Waals surface area contributed by atoms with Crippen molar-refractivity contribution in [2.24, 2.45) is 17.3 Å². The van der Waals surface area contributed by atoms with Gasteiger partial charge in [-0.2, -0.15) is 0 Å². The second kappa shape index (κ2) is 2.22. The summed E-state index contributed by atoms with van der Waals surface area (Å²) in [6, 6.07) is 0.0648. The van der Waals surface area contributed by atoms with Crippen LogP contribution in [0, 0.1) is 17.3 Å². The molecular formula is C9H16N2O. The lowest BCUT2D eigenvalue weighted by atomic mass is 10.0. The minimum Gasteiger partial charge on any atom is -0.358 e. The lowest BCUT2D eigenvalue weighted by Gasteiger charge is -2.16. The van der Waals surface area contributed by atoms with E-state index in [0.717, 1.165) is 12.5 Å². The summed E-state index contributed by atoms with van der Waals surface area (Å²) in [5, 5.41) is 5.95. The number of carbonyl (C=O) groups is 1. The molecule has 0 bridgehead atoms. The summed E-state index contributed by atoms with van der Waals surface area (Å²) in [6.45, 7) is 5.51. The molecule has 1 aliphatic heterocycles. The maximum absolute atomic E-state index is 11.4. The molecule has 1 heterocycles. The zero-order valence-electron chi connectivity index (χ0n) is 7.85. The van der Waals surface area contributed by atoms with Crippen molar-refractivity contribution in [3.05, 3.63) is 0 Å². The number of amides is 1. The Kier molecular flexibility index (Phi) is 1.49. The summed E-state index contributed by atoms with van der Waals surface area (Å²) >= 11 is 0. The zero-order chi connectivity index (χ0) is 8.93. The van der Waals surface area contributed by atoms with Crippen LogP contribution in [0.4, 0.5) is 0 Å². The first-order valence-electron chi connectivity index (χ1n) is 4.54. The van der Waals surface area contributed by atoms with Gasteiger partial charge in [-0.05, 0) is 23.8 Å². The minimum atomic E-state index is 0.0648. The van der Waals surface area contributed by atoms with Crippen molar-refractivity contribution in [2.75, 3.05) is 13.6 Å². The van der Waals surface area contributed by atoms with Gasteiger partial charge in [0, 0.05) is 7.05 Å². The average molecular weight is 168 g/mol. The number of likely N-dealkylation sites (N-methyl/N-ethyl adjacent to an activating group) is 1. The molecule has 0 aromatic heterocycles. The molecule has 0 aromatic rings. The largest absolute Gasteiger partial charge is 0.358 e. The highest BCUT2D eigenvalue weighted by Gasteiger charge is 2.65. The van der Waals surface area contributed by atoms with Crippen molar-refractivity contribution in [3.8, 4) is 0 Å². The van der Waals surface area contributed by atoms with Gasteiger partial charge in [-0.15, -0.1) is 0 Å². The lowest BCUT2D eigenvalue weighted by Crippen LogP contribution is -2.43. The third-order valence-corrected chi connectivity index (χ3v) is 3.58. The summed E-state index contributed by atoms with van der Waals surface area (Å²) in [5.41, 5.74) is 0.391. The molecule has 2 N–H and O–H groups in total. The molecule has 0 spiro atoms. The predicted octanol–water partition coefficient (Wildman–Crippen LogP) is -0.0236. The van der Waals surface area contributed by atoms with Crippen molar-refractivity contribution in [2.45, 2.75) is 19.9 Å². The van der Waals surface area contributed by atoms with E-state index in [0.29, 0.717) is 11.3 Å². The quantitative estimate of drug-likeness (QED) is 0.577. The number of hydrogen-bond acceptors (Lipinski definition) is 2. The summed E-state index contributed by atoms with van der Waals surface area (Å²) in [6.07, 6.45) is 0. The summed E-state index contributed by atoms with van der Waals surface area (Å²) in [5.74, 6) is 1.44. The van der Waals surface area contributed by atoms with Crippen LogP contribution in [0.3, 0.4) is 0 Å². The van der Waals surface area contributed by atoms with Crippen LogP contribution in [0.2, 0.25) is 0 Å². The van der Waals surface area contributed by atoms with Gasteiger partial charge in [0.2, 0.25) is 5.91 Å². The Balaban J connectivity index is 2.08. The molecule has 3 nitrogen and oxygen atoms in total. The number of nitrogens with one attached hydrogen (secondary N) is 2. The molecule has 1 saturated carbocycles. The van der Waals surface area contributed by atoms with Gasteiger partial charge < -0.3 is 10.6 Å². The Labute approximate surface area is 72.9 Å². The molecule has 12 heavy (non-hydrogen) atoms. The molecule has 0 unspecified atom stereocenters. The van der Waals surface area contributed by atoms with Crippen LogP contribution in [-0.4, -0.2) is 25.5 Å². The fourth-order valence-electron chi connectivity index (χ4n) is 2.63. The van der Waals surface area contributed by atoms with Gasteiger partial charge in [0.1, 0.15) is 0 Å². The SMILES string of the molecule is CNC(=O)[C@H]1NC[C@H]2[C@@H]1C2(C)C. The Bertz CT molecular complexity index is 225. The van der Waals surface area contributed by atoms with Crippen LogP contribution < -0.4 is 10.6 Å². The molecule has 1 saturated heterocycles. The van der Waals surface area contributed by atoms with Crippen molar-refractivity contribution < 1.29 is 4.79 Å². The summed E-state index contributed by atoms with van der Waals surface area (Å²) in [7, 11) is 1.70. The average Bonchev–Trinajstić information content (AvgIpc) is 2.52. The molecule has 2 aliphatic rings. The lowest BCUT2D eigenvalue weighted by molar-refractivity contribution is -0.123. The number of rotatable bonds is 1.